The number of para-hydroxylation sites is 1. The van der Waals surface area contributed by atoms with Gasteiger partial charge in [-0.3, -0.25) is 9.69 Å². The number of nitrogens with zero attached hydrogens (tertiary/aromatic N) is 3. The van der Waals surface area contributed by atoms with Crippen LogP contribution in [0.5, 0.6) is 5.88 Å². The number of H-pyrrole nitrogens is 1. The highest BCUT2D eigenvalue weighted by Crippen LogP contribution is 2.35. The third kappa shape index (κ3) is 3.03. The number of azo groups is 1. The van der Waals surface area contributed by atoms with E-state index >= 15 is 0 Å². The minimum absolute atomic E-state index is 0.0782. The number of aromatic nitrogens is 1. The van der Waals surface area contributed by atoms with Crippen LogP contribution in [0, 0.1) is 0 Å². The quantitative estimate of drug-likeness (QED) is 0.822. The summed E-state index contributed by atoms with van der Waals surface area (Å²) in [6.45, 7) is 5.78. The number of amides is 1. The number of carbonyl (C=O) groups excluding carboxylic acids is 1. The molecule has 0 bridgehead atoms. The van der Waals surface area contributed by atoms with E-state index in [1.165, 1.54) is 0 Å². The molecular weight excluding hydrogens is 256 g/mol. The van der Waals surface area contributed by atoms with Gasteiger partial charge in [-0.1, -0.05) is 32.0 Å². The zero-order chi connectivity index (χ0) is 14.5. The molecule has 6 heteroatoms. The highest BCUT2D eigenvalue weighted by molar-refractivity contribution is 5.94. The van der Waals surface area contributed by atoms with Crippen LogP contribution in [-0.2, 0) is 4.79 Å². The summed E-state index contributed by atoms with van der Waals surface area (Å²) in [5.41, 5.74) is 1.06. The Kier molecular flexibility index (Phi) is 4.47. The number of hydrogen-bond acceptors (Lipinski definition) is 4. The van der Waals surface area contributed by atoms with Gasteiger partial charge in [-0.25, -0.2) is 0 Å². The van der Waals surface area contributed by atoms with Gasteiger partial charge in [0.2, 0.25) is 5.88 Å². The lowest BCUT2D eigenvalue weighted by Crippen LogP contribution is -2.28. The van der Waals surface area contributed by atoms with Crippen LogP contribution in [0.15, 0.2) is 34.5 Å². The minimum atomic E-state index is -0.321. The molecule has 0 spiro atoms. The second-order valence-corrected chi connectivity index (χ2v) is 4.42. The Balaban J connectivity index is 2.17. The van der Waals surface area contributed by atoms with Crippen molar-refractivity contribution in [3.63, 3.8) is 0 Å². The molecule has 0 saturated heterocycles. The van der Waals surface area contributed by atoms with Crippen LogP contribution >= 0.6 is 0 Å². The van der Waals surface area contributed by atoms with Gasteiger partial charge >= 0.3 is 0 Å². The molecule has 2 rings (SSSR count). The van der Waals surface area contributed by atoms with Gasteiger partial charge in [-0.05, 0) is 19.2 Å². The highest BCUT2D eigenvalue weighted by Gasteiger charge is 2.11. The van der Waals surface area contributed by atoms with Gasteiger partial charge in [-0.2, -0.15) is 0 Å². The third-order valence-corrected chi connectivity index (χ3v) is 3.17. The summed E-state index contributed by atoms with van der Waals surface area (Å²) in [6.07, 6.45) is 0. The number of aromatic hydroxyl groups is 1. The summed E-state index contributed by atoms with van der Waals surface area (Å²) in [4.78, 5) is 16.5. The van der Waals surface area contributed by atoms with E-state index in [4.69, 9.17) is 0 Å². The molecule has 2 N–H and O–H groups in total. The van der Waals surface area contributed by atoms with Gasteiger partial charge in [0.1, 0.15) is 0 Å². The number of rotatable bonds is 5. The summed E-state index contributed by atoms with van der Waals surface area (Å²) in [7, 11) is 0. The summed E-state index contributed by atoms with van der Waals surface area (Å²) in [5, 5.41) is 18.1. The Labute approximate surface area is 117 Å². The predicted octanol–water partition coefficient (Wildman–Crippen LogP) is 2.83. The Morgan fingerprint density at radius 3 is 2.70 bits per heavy atom. The Hall–Kier alpha value is -2.21. The first kappa shape index (κ1) is 14.2. The second-order valence-electron chi connectivity index (χ2n) is 4.42. The van der Waals surface area contributed by atoms with Crippen molar-refractivity contribution in [3.8, 4) is 5.88 Å². The van der Waals surface area contributed by atoms with E-state index in [2.05, 4.69) is 15.2 Å². The highest BCUT2D eigenvalue weighted by atomic mass is 16.3. The number of aromatic amines is 1. The summed E-state index contributed by atoms with van der Waals surface area (Å²) >= 11 is 0. The van der Waals surface area contributed by atoms with E-state index in [1.54, 1.807) is 0 Å². The molecule has 0 saturated carbocycles. The molecule has 6 nitrogen and oxygen atoms in total. The maximum atomic E-state index is 11.7. The molecule has 0 aliphatic rings. The molecule has 1 aromatic heterocycles. The van der Waals surface area contributed by atoms with Crippen molar-refractivity contribution >= 4 is 22.5 Å². The number of nitrogens with one attached hydrogen (secondary N) is 1. The molecule has 2 aromatic rings. The monoisotopic (exact) mass is 274 g/mol. The average Bonchev–Trinajstić information content (AvgIpc) is 2.78. The maximum absolute atomic E-state index is 11.7. The second kappa shape index (κ2) is 6.29. The zero-order valence-electron chi connectivity index (χ0n) is 11.6. The van der Waals surface area contributed by atoms with Gasteiger partial charge in [-0.15, -0.1) is 10.2 Å². The molecule has 1 heterocycles. The Morgan fingerprint density at radius 1 is 1.30 bits per heavy atom. The fourth-order valence-electron chi connectivity index (χ4n) is 1.99. The van der Waals surface area contributed by atoms with E-state index in [1.807, 2.05) is 43.0 Å². The topological polar surface area (TPSA) is 81.1 Å². The molecule has 0 atom stereocenters. The standard InChI is InChI=1S/C14H18N4O2/c1-3-18(4-2)9-12(19)16-17-13-10-7-5-6-8-11(10)15-14(13)20/h5-8,15,20H,3-4,9H2,1-2H3. The van der Waals surface area contributed by atoms with Crippen molar-refractivity contribution in [3.05, 3.63) is 24.3 Å². The largest absolute Gasteiger partial charge is 0.493 e. The third-order valence-electron chi connectivity index (χ3n) is 3.17. The van der Waals surface area contributed by atoms with Crippen LogP contribution in [0.2, 0.25) is 0 Å². The molecule has 1 amide bonds. The Morgan fingerprint density at radius 2 is 2.00 bits per heavy atom. The minimum Gasteiger partial charge on any atom is -0.493 e. The normalized spacial score (nSPS) is 11.8. The van der Waals surface area contributed by atoms with Gasteiger partial charge in [0.15, 0.2) is 5.69 Å². The molecule has 0 aliphatic heterocycles. The number of hydrogen-bond donors (Lipinski definition) is 2. The van der Waals surface area contributed by atoms with Crippen molar-refractivity contribution in [1.82, 2.24) is 9.88 Å². The van der Waals surface area contributed by atoms with E-state index in [0.29, 0.717) is 5.69 Å². The molecular formula is C14H18N4O2. The van der Waals surface area contributed by atoms with E-state index in [9.17, 15) is 9.90 Å². The molecule has 106 valence electrons. The molecule has 0 aliphatic carbocycles. The van der Waals surface area contributed by atoms with Crippen LogP contribution in [0.25, 0.3) is 10.9 Å². The van der Waals surface area contributed by atoms with Crippen LogP contribution < -0.4 is 0 Å². The number of carbonyl (C=O) groups is 1. The van der Waals surface area contributed by atoms with E-state index in [0.717, 1.165) is 24.0 Å². The van der Waals surface area contributed by atoms with Crippen molar-refractivity contribution in [2.24, 2.45) is 10.2 Å². The summed E-state index contributed by atoms with van der Waals surface area (Å²) < 4.78 is 0. The van der Waals surface area contributed by atoms with Gasteiger partial charge in [0.25, 0.3) is 5.91 Å². The van der Waals surface area contributed by atoms with E-state index in [-0.39, 0.29) is 18.3 Å². The molecule has 0 fully saturated rings. The Bertz CT molecular complexity index is 629. The average molecular weight is 274 g/mol. The van der Waals surface area contributed by atoms with Gasteiger partial charge in [0, 0.05) is 5.39 Å². The predicted molar refractivity (Wildman–Crippen MR) is 77.3 cm³/mol. The molecule has 0 unspecified atom stereocenters. The van der Waals surface area contributed by atoms with Crippen molar-refractivity contribution < 1.29 is 9.90 Å². The van der Waals surface area contributed by atoms with E-state index < -0.39 is 0 Å². The van der Waals surface area contributed by atoms with Crippen LogP contribution in [0.4, 0.5) is 5.69 Å². The molecule has 20 heavy (non-hydrogen) atoms. The number of benzene rings is 1. The summed E-state index contributed by atoms with van der Waals surface area (Å²) in [5.74, 6) is -0.399. The first-order chi connectivity index (χ1) is 9.65. The zero-order valence-corrected chi connectivity index (χ0v) is 11.6. The van der Waals surface area contributed by atoms with Gasteiger partial charge in [0.05, 0.1) is 12.1 Å². The smallest absolute Gasteiger partial charge is 0.278 e. The summed E-state index contributed by atoms with van der Waals surface area (Å²) in [6, 6.07) is 7.33. The maximum Gasteiger partial charge on any atom is 0.278 e. The molecule has 0 radical (unpaired) electrons. The van der Waals surface area contributed by atoms with Crippen LogP contribution in [0.3, 0.4) is 0 Å². The van der Waals surface area contributed by atoms with Crippen molar-refractivity contribution in [1.29, 1.82) is 0 Å². The number of likely N-dealkylation sites (N-methyl/N-ethyl adjacent to an activating group) is 1. The lowest BCUT2D eigenvalue weighted by Gasteiger charge is -2.14. The van der Waals surface area contributed by atoms with Crippen molar-refractivity contribution in [2.45, 2.75) is 13.8 Å². The lowest BCUT2D eigenvalue weighted by molar-refractivity contribution is -0.119. The first-order valence-corrected chi connectivity index (χ1v) is 6.62. The van der Waals surface area contributed by atoms with Crippen LogP contribution in [0.1, 0.15) is 13.8 Å². The van der Waals surface area contributed by atoms with Crippen molar-refractivity contribution in [2.75, 3.05) is 19.6 Å². The molecule has 1 aromatic carbocycles. The lowest BCUT2D eigenvalue weighted by atomic mass is 10.2. The fraction of sp³-hybridized carbons (Fsp3) is 0.357. The van der Waals surface area contributed by atoms with Gasteiger partial charge < -0.3 is 10.1 Å². The van der Waals surface area contributed by atoms with Crippen LogP contribution in [-0.4, -0.2) is 40.5 Å². The number of fused-ring (bicyclic) bond motifs is 1. The fourth-order valence-corrected chi connectivity index (χ4v) is 1.99. The first-order valence-electron chi connectivity index (χ1n) is 6.62. The SMILES string of the molecule is CCN(CC)CC(=O)N=Nc1c(O)[nH]c2ccccc12.